The van der Waals surface area contributed by atoms with Crippen molar-refractivity contribution in [3.8, 4) is 0 Å². The van der Waals surface area contributed by atoms with Gasteiger partial charge < -0.3 is 0 Å². The van der Waals surface area contributed by atoms with Gasteiger partial charge in [0.05, 0.1) is 0 Å². The average molecular weight is 342 g/mol. The molecular formula is C8H13AuCl. The zero-order valence-corrected chi connectivity index (χ0v) is 8.92. The van der Waals surface area contributed by atoms with Gasteiger partial charge in [-0.1, -0.05) is 30.5 Å². The molecule has 63 valence electrons. The standard InChI is InChI=1S/C8H13Cl.Au/c9-8-6-4-2-1-3-5-7-8;/h6H,1-5,7H2;. The summed E-state index contributed by atoms with van der Waals surface area (Å²) < 4.78 is 0. The Hall–Kier alpha value is 0.770. The second-order valence-corrected chi connectivity index (χ2v) is 3.09. The largest absolute Gasteiger partial charge is 0.0895 e. The quantitative estimate of drug-likeness (QED) is 0.592. The van der Waals surface area contributed by atoms with E-state index in [0.29, 0.717) is 0 Å². The molecule has 0 unspecified atom stereocenters. The van der Waals surface area contributed by atoms with Gasteiger partial charge in [0.15, 0.2) is 0 Å². The summed E-state index contributed by atoms with van der Waals surface area (Å²) in [4.78, 5) is 0. The van der Waals surface area contributed by atoms with Crippen LogP contribution in [-0.4, -0.2) is 0 Å². The Morgan fingerprint density at radius 1 is 1.10 bits per heavy atom. The molecule has 1 aliphatic carbocycles. The van der Waals surface area contributed by atoms with E-state index in [4.69, 9.17) is 11.6 Å². The monoisotopic (exact) mass is 341 g/mol. The van der Waals surface area contributed by atoms with Gasteiger partial charge in [-0.2, -0.15) is 0 Å². The van der Waals surface area contributed by atoms with Gasteiger partial charge >= 0.3 is 0 Å². The van der Waals surface area contributed by atoms with Crippen LogP contribution in [0.2, 0.25) is 0 Å². The Bertz CT molecular complexity index is 110. The second-order valence-electron chi connectivity index (χ2n) is 2.60. The fraction of sp³-hybridized carbons (Fsp3) is 0.750. The molecule has 0 aromatic rings. The number of rotatable bonds is 0. The Labute approximate surface area is 83.5 Å². The predicted molar refractivity (Wildman–Crippen MR) is 41.6 cm³/mol. The number of halogens is 1. The minimum Gasteiger partial charge on any atom is -0.0895 e. The molecule has 0 saturated heterocycles. The predicted octanol–water partition coefficient (Wildman–Crippen LogP) is 3.46. The van der Waals surface area contributed by atoms with Crippen LogP contribution in [0.25, 0.3) is 0 Å². The van der Waals surface area contributed by atoms with E-state index in [9.17, 15) is 0 Å². The van der Waals surface area contributed by atoms with E-state index in [1.165, 1.54) is 32.1 Å². The van der Waals surface area contributed by atoms with Crippen LogP contribution >= 0.6 is 11.6 Å². The van der Waals surface area contributed by atoms with E-state index in [-0.39, 0.29) is 22.4 Å². The Morgan fingerprint density at radius 3 is 2.60 bits per heavy atom. The molecule has 2 heteroatoms. The molecule has 0 bridgehead atoms. The normalized spacial score (nSPS) is 19.9. The van der Waals surface area contributed by atoms with Gasteiger partial charge in [-0.25, -0.2) is 0 Å². The Balaban J connectivity index is 0.000000810. The third kappa shape index (κ3) is 4.56. The van der Waals surface area contributed by atoms with Crippen LogP contribution < -0.4 is 0 Å². The summed E-state index contributed by atoms with van der Waals surface area (Å²) in [7, 11) is 0. The fourth-order valence-corrected chi connectivity index (χ4v) is 1.40. The first-order chi connectivity index (χ1) is 4.39. The van der Waals surface area contributed by atoms with Gasteiger partial charge in [0, 0.05) is 27.4 Å². The molecular weight excluding hydrogens is 329 g/mol. The van der Waals surface area contributed by atoms with Crippen LogP contribution in [-0.2, 0) is 22.4 Å². The van der Waals surface area contributed by atoms with Crippen LogP contribution in [0.3, 0.4) is 0 Å². The molecule has 0 amide bonds. The molecule has 1 aliphatic rings. The topological polar surface area (TPSA) is 0 Å². The van der Waals surface area contributed by atoms with E-state index in [1.54, 1.807) is 0 Å². The molecule has 0 N–H and O–H groups in total. The van der Waals surface area contributed by atoms with Crippen molar-refractivity contribution in [3.05, 3.63) is 11.1 Å². The molecule has 0 spiro atoms. The molecule has 0 aromatic heterocycles. The molecule has 0 heterocycles. The van der Waals surface area contributed by atoms with E-state index in [0.717, 1.165) is 11.5 Å². The number of hydrogen-bond donors (Lipinski definition) is 0. The number of allylic oxidation sites excluding steroid dienone is 2. The first-order valence-corrected chi connectivity index (χ1v) is 4.12. The minimum atomic E-state index is 0. The van der Waals surface area contributed by atoms with Gasteiger partial charge in [0.1, 0.15) is 0 Å². The fourth-order valence-electron chi connectivity index (χ4n) is 1.15. The Kier molecular flexibility index (Phi) is 6.98. The molecule has 0 saturated carbocycles. The van der Waals surface area contributed by atoms with Crippen molar-refractivity contribution in [2.75, 3.05) is 0 Å². The zero-order chi connectivity index (χ0) is 6.53. The van der Waals surface area contributed by atoms with Crippen molar-refractivity contribution in [2.24, 2.45) is 0 Å². The summed E-state index contributed by atoms with van der Waals surface area (Å²) in [6.45, 7) is 0. The maximum absolute atomic E-state index is 5.85. The number of hydrogen-bond acceptors (Lipinski definition) is 0. The average Bonchev–Trinajstić information content (AvgIpc) is 1.79. The van der Waals surface area contributed by atoms with Crippen LogP contribution in [0.4, 0.5) is 0 Å². The minimum absolute atomic E-state index is 0. The van der Waals surface area contributed by atoms with Crippen molar-refractivity contribution in [2.45, 2.75) is 38.5 Å². The summed E-state index contributed by atoms with van der Waals surface area (Å²) in [5.41, 5.74) is 0. The van der Waals surface area contributed by atoms with Crippen LogP contribution in [0.5, 0.6) is 0 Å². The van der Waals surface area contributed by atoms with Gasteiger partial charge in [-0.15, -0.1) is 0 Å². The summed E-state index contributed by atoms with van der Waals surface area (Å²) >= 11 is 5.85. The summed E-state index contributed by atoms with van der Waals surface area (Å²) in [6, 6.07) is 0. The molecule has 0 fully saturated rings. The summed E-state index contributed by atoms with van der Waals surface area (Å²) in [5.74, 6) is 0. The van der Waals surface area contributed by atoms with Crippen LogP contribution in [0.15, 0.2) is 11.1 Å². The van der Waals surface area contributed by atoms with Gasteiger partial charge in [0.2, 0.25) is 0 Å². The molecule has 1 radical (unpaired) electrons. The summed E-state index contributed by atoms with van der Waals surface area (Å²) in [6.07, 6.45) is 9.84. The molecule has 10 heavy (non-hydrogen) atoms. The first kappa shape index (κ1) is 10.8. The maximum Gasteiger partial charge on any atom is 0.0141 e. The first-order valence-electron chi connectivity index (χ1n) is 3.74. The van der Waals surface area contributed by atoms with Crippen molar-refractivity contribution in [1.29, 1.82) is 0 Å². The third-order valence-electron chi connectivity index (χ3n) is 1.74. The smallest absolute Gasteiger partial charge is 0.0141 e. The molecule has 1 rings (SSSR count). The van der Waals surface area contributed by atoms with E-state index in [1.807, 2.05) is 0 Å². The van der Waals surface area contributed by atoms with Gasteiger partial charge in [-0.05, 0) is 25.7 Å². The van der Waals surface area contributed by atoms with Crippen molar-refractivity contribution in [1.82, 2.24) is 0 Å². The zero-order valence-electron chi connectivity index (χ0n) is 6.00. The molecule has 0 nitrogen and oxygen atoms in total. The Morgan fingerprint density at radius 2 is 1.80 bits per heavy atom. The second kappa shape index (κ2) is 6.48. The van der Waals surface area contributed by atoms with Crippen LogP contribution in [0.1, 0.15) is 38.5 Å². The van der Waals surface area contributed by atoms with E-state index >= 15 is 0 Å². The summed E-state index contributed by atoms with van der Waals surface area (Å²) in [5, 5.41) is 1.08. The van der Waals surface area contributed by atoms with Crippen molar-refractivity contribution < 1.29 is 22.4 Å². The van der Waals surface area contributed by atoms with Crippen LogP contribution in [0, 0.1) is 0 Å². The SMILES string of the molecule is ClC1=CCCCCCC1.[Au]. The molecule has 0 atom stereocenters. The van der Waals surface area contributed by atoms with Gasteiger partial charge in [-0.3, -0.25) is 0 Å². The van der Waals surface area contributed by atoms with E-state index in [2.05, 4.69) is 6.08 Å². The van der Waals surface area contributed by atoms with E-state index < -0.39 is 0 Å². The van der Waals surface area contributed by atoms with Crippen molar-refractivity contribution >= 4 is 11.6 Å². The van der Waals surface area contributed by atoms with Gasteiger partial charge in [0.25, 0.3) is 0 Å². The molecule has 0 aliphatic heterocycles. The maximum atomic E-state index is 5.85. The van der Waals surface area contributed by atoms with Crippen molar-refractivity contribution in [3.63, 3.8) is 0 Å². The molecule has 0 aromatic carbocycles. The third-order valence-corrected chi connectivity index (χ3v) is 2.08.